The lowest BCUT2D eigenvalue weighted by Crippen LogP contribution is -2.65. The van der Waals surface area contributed by atoms with Gasteiger partial charge in [0, 0.05) is 45.1 Å². The van der Waals surface area contributed by atoms with Gasteiger partial charge >= 0.3 is 17.6 Å². The molecule has 22 heteroatoms. The minimum absolute atomic E-state index is 0. The topological polar surface area (TPSA) is 156 Å². The second-order valence-corrected chi connectivity index (χ2v) is 62.6. The number of nitrogens with zero attached hydrogens (tertiary/aromatic N) is 1. The third kappa shape index (κ3) is 79.6. The van der Waals surface area contributed by atoms with Crippen molar-refractivity contribution in [2.45, 2.75) is 289 Å². The predicted octanol–water partition coefficient (Wildman–Crippen LogP) is 22.1. The highest BCUT2D eigenvalue weighted by Gasteiger charge is 2.40. The summed E-state index contributed by atoms with van der Waals surface area (Å²) in [7, 11) is -1.32. The SMILES string of the molecule is C.C.C.C.C.C.C.C.C.C.C.C.C.C.CCC.CCO[Si](CCC[Si](C)(C)NC)(OCC)OCC.CCO[Si](O)(CCN(C)[Si](C)(C)C)OCC.CN[SiH](C)c1ccccc1.CN[Si](C)(C)C.CN[Si](C)(C)c1ccccc1.CN[Si](C)(c1ccccc1)c1ccccc1.C[Si](C)(C)N.Cc1ccccc1. The molecule has 0 heterocycles. The summed E-state index contributed by atoms with van der Waals surface area (Å²) in [5.74, 6) is 0. The van der Waals surface area contributed by atoms with Crippen molar-refractivity contribution in [3.63, 3.8) is 0 Å². The normalized spacial score (nSPS) is 10.4. The number of rotatable bonds is 27. The van der Waals surface area contributed by atoms with E-state index in [1.807, 2.05) is 74.0 Å². The Hall–Kier alpha value is -2.47. The summed E-state index contributed by atoms with van der Waals surface area (Å²) in [6, 6.07) is 55.8. The molecular formula is C84H199N7O6Si9. The van der Waals surface area contributed by atoms with E-state index < -0.39 is 76.0 Å². The number of aryl methyl sites for hydroxylation is 1. The number of benzene rings is 5. The highest BCUT2D eigenvalue weighted by atomic mass is 28.4. The van der Waals surface area contributed by atoms with Crippen molar-refractivity contribution in [2.75, 3.05) is 81.9 Å². The third-order valence-corrected chi connectivity index (χ3v) is 36.2. The van der Waals surface area contributed by atoms with Crippen LogP contribution in [0.3, 0.4) is 0 Å². The van der Waals surface area contributed by atoms with Crippen molar-refractivity contribution in [3.8, 4) is 0 Å². The van der Waals surface area contributed by atoms with Gasteiger partial charge in [-0.05, 0) is 124 Å². The van der Waals surface area contributed by atoms with Crippen molar-refractivity contribution in [2.24, 2.45) is 5.40 Å². The first-order valence-corrected chi connectivity index (χ1v) is 59.4. The lowest BCUT2D eigenvalue weighted by Gasteiger charge is -2.32. The van der Waals surface area contributed by atoms with Gasteiger partial charge in [-0.15, -0.1) is 0 Å². The molecule has 0 aromatic heterocycles. The molecule has 0 aliphatic rings. The first-order valence-electron chi connectivity index (χ1n) is 33.9. The fourth-order valence-corrected chi connectivity index (χ4v) is 19.8. The van der Waals surface area contributed by atoms with Gasteiger partial charge in [-0.1, -0.05) is 380 Å². The Labute approximate surface area is 681 Å². The molecule has 1 atom stereocenters. The number of hydrogen-bond donors (Lipinski definition) is 7. The van der Waals surface area contributed by atoms with Gasteiger partial charge in [0.15, 0.2) is 16.5 Å². The average Bonchev–Trinajstić information content (AvgIpc) is 0.805. The van der Waals surface area contributed by atoms with Crippen LogP contribution in [0.5, 0.6) is 0 Å². The Balaban J connectivity index is -0.0000000522. The van der Waals surface area contributed by atoms with Gasteiger partial charge in [-0.2, -0.15) is 0 Å². The number of hydrogen-bond acceptors (Lipinski definition) is 13. The van der Waals surface area contributed by atoms with Crippen molar-refractivity contribution in [3.05, 3.63) is 157 Å². The summed E-state index contributed by atoms with van der Waals surface area (Å²) in [6.45, 7) is 53.9. The van der Waals surface area contributed by atoms with Crippen molar-refractivity contribution >= 4 is 96.7 Å². The van der Waals surface area contributed by atoms with E-state index in [9.17, 15) is 4.80 Å². The van der Waals surface area contributed by atoms with E-state index in [0.717, 1.165) is 19.0 Å². The predicted molar refractivity (Wildman–Crippen MR) is 528 cm³/mol. The zero-order valence-electron chi connectivity index (χ0n) is 64.3. The van der Waals surface area contributed by atoms with Crippen LogP contribution in [0.25, 0.3) is 0 Å². The smallest absolute Gasteiger partial charge is 0.390 e. The number of nitrogens with one attached hydrogen (secondary N) is 5. The summed E-state index contributed by atoms with van der Waals surface area (Å²) in [5, 5.41) is 11.3. The quantitative estimate of drug-likeness (QED) is 0.0250. The molecule has 642 valence electrons. The van der Waals surface area contributed by atoms with Gasteiger partial charge in [0.25, 0.3) is 0 Å². The van der Waals surface area contributed by atoms with Gasteiger partial charge in [0.1, 0.15) is 41.9 Å². The van der Waals surface area contributed by atoms with Crippen molar-refractivity contribution in [1.29, 1.82) is 0 Å². The molecule has 0 fully saturated rings. The second kappa shape index (κ2) is 83.5. The van der Waals surface area contributed by atoms with E-state index in [4.69, 9.17) is 27.5 Å². The molecule has 5 aromatic rings. The van der Waals surface area contributed by atoms with Crippen LogP contribution < -0.4 is 51.1 Å². The monoisotopic (exact) mass is 1650 g/mol. The maximum absolute atomic E-state index is 10.2. The summed E-state index contributed by atoms with van der Waals surface area (Å²) >= 11 is 0. The van der Waals surface area contributed by atoms with Crippen LogP contribution in [-0.2, 0) is 22.1 Å². The van der Waals surface area contributed by atoms with Gasteiger partial charge in [0.05, 0.1) is 0 Å². The lowest BCUT2D eigenvalue weighted by molar-refractivity contribution is 0.0711. The first-order chi connectivity index (χ1) is 42.8. The van der Waals surface area contributed by atoms with Crippen LogP contribution >= 0.6 is 0 Å². The maximum atomic E-state index is 10.2. The van der Waals surface area contributed by atoms with Crippen LogP contribution in [0.15, 0.2) is 152 Å². The minimum atomic E-state index is -2.91. The van der Waals surface area contributed by atoms with Gasteiger partial charge in [-0.3, -0.25) is 0 Å². The zero-order valence-corrected chi connectivity index (χ0v) is 73.5. The molecule has 8 N–H and O–H groups in total. The molecule has 5 rings (SSSR count). The summed E-state index contributed by atoms with van der Waals surface area (Å²) in [4.78, 5) is 27.2. The van der Waals surface area contributed by atoms with Gasteiger partial charge < -0.3 is 61.8 Å². The molecule has 106 heavy (non-hydrogen) atoms. The highest BCUT2D eigenvalue weighted by Crippen LogP contribution is 2.22. The Kier molecular flexibility index (Phi) is 117. The lowest BCUT2D eigenvalue weighted by atomic mass is 10.2. The Bertz CT molecular complexity index is 2360. The van der Waals surface area contributed by atoms with Crippen LogP contribution in [0.1, 0.15) is 171 Å². The van der Waals surface area contributed by atoms with E-state index in [1.165, 1.54) is 38.8 Å². The van der Waals surface area contributed by atoms with E-state index in [-0.39, 0.29) is 104 Å². The van der Waals surface area contributed by atoms with Crippen LogP contribution in [0.2, 0.25) is 116 Å². The van der Waals surface area contributed by atoms with Crippen LogP contribution in [0, 0.1) is 6.92 Å². The molecule has 1 unspecified atom stereocenters. The van der Waals surface area contributed by atoms with E-state index in [2.05, 4.69) is 303 Å². The maximum Gasteiger partial charge on any atom is 0.500 e. The molecule has 0 saturated heterocycles. The fraction of sp³-hybridized carbons (Fsp3) is 0.643. The van der Waals surface area contributed by atoms with Crippen LogP contribution in [-0.4, -0.2) is 167 Å². The molecular weight excluding hydrogens is 1460 g/mol. The second-order valence-electron chi connectivity index (χ2n) is 26.9. The number of nitrogens with two attached hydrogens (primary N) is 1. The Morgan fingerprint density at radius 3 is 0.915 bits per heavy atom. The molecule has 0 radical (unpaired) electrons. The largest absolute Gasteiger partial charge is 0.500 e. The van der Waals surface area contributed by atoms with Gasteiger partial charge in [0.2, 0.25) is 0 Å². The summed E-state index contributed by atoms with van der Waals surface area (Å²) < 4.78 is 30.7. The standard InChI is InChI=1S/C14H17NSi.C12H31NO3Si2.C10H27NO3Si2.C9H15NSi.C8H13NSi.C7H8.C4H13NSi.C3H11NSi.C3H8.14CH4/c1-15-16(2,13-9-5-3-6-10-13)14-11-7-4-8-12-14;1-7-14-18(15-8-2,16-9-3)12-10-11-17(5,6)13-4;1-7-13-16(12,14-8-2)10-9-11(3)15(4,5)6;1-10-11(2,3)9-7-5-4-6-8-9;1-9-10(2)8-6-4-3-5-7-8;1-7-5-3-2-4-6-7;1-5-6(2,3)4;1-5(2,3)4;1-3-2;;;;;;;;;;;;;;/h3-12,15H,1-2H3;13H,7-12H2,1-6H3;12H,7-10H2,1-6H3;4-8,10H,1-3H3;3-7,9-10H,1-2H3;2-6H,1H3;5H,1-4H3;4H2,1-3H3;3H2,1-2H3;14*1H4. The van der Waals surface area contributed by atoms with E-state index in [0.29, 0.717) is 39.1 Å². The third-order valence-electron chi connectivity index (χ3n) is 14.4. The Morgan fingerprint density at radius 1 is 0.406 bits per heavy atom. The molecule has 13 nitrogen and oxygen atoms in total. The average molecular weight is 1660 g/mol. The fourth-order valence-electron chi connectivity index (χ4n) is 7.59. The molecule has 5 aromatic carbocycles. The minimum Gasteiger partial charge on any atom is -0.390 e. The first kappa shape index (κ1) is 149. The van der Waals surface area contributed by atoms with Crippen LogP contribution in [0.4, 0.5) is 0 Å². The molecule has 0 aliphatic carbocycles. The van der Waals surface area contributed by atoms with E-state index >= 15 is 0 Å². The Morgan fingerprint density at radius 2 is 0.689 bits per heavy atom. The summed E-state index contributed by atoms with van der Waals surface area (Å²) in [6.07, 6.45) is 2.37. The molecule has 0 bridgehead atoms. The summed E-state index contributed by atoms with van der Waals surface area (Å²) in [5.41, 5.74) is 1.32. The molecule has 0 aliphatic heterocycles. The molecule has 0 amide bonds. The van der Waals surface area contributed by atoms with E-state index in [1.54, 1.807) is 0 Å². The van der Waals surface area contributed by atoms with Crippen molar-refractivity contribution in [1.82, 2.24) is 29.5 Å². The zero-order chi connectivity index (χ0) is 71.6. The molecule has 0 spiro atoms. The highest BCUT2D eigenvalue weighted by molar-refractivity contribution is 6.99. The molecule has 0 saturated carbocycles. The van der Waals surface area contributed by atoms with Crippen molar-refractivity contribution < 1.29 is 26.9 Å². The van der Waals surface area contributed by atoms with Gasteiger partial charge in [-0.25, -0.2) is 0 Å².